The summed E-state index contributed by atoms with van der Waals surface area (Å²) in [5.74, 6) is 8.00. The summed E-state index contributed by atoms with van der Waals surface area (Å²) in [5, 5.41) is 0. The van der Waals surface area contributed by atoms with Gasteiger partial charge >= 0.3 is 0 Å². The van der Waals surface area contributed by atoms with Gasteiger partial charge in [-0.3, -0.25) is 4.90 Å². The fourth-order valence-electron chi connectivity index (χ4n) is 3.07. The summed E-state index contributed by atoms with van der Waals surface area (Å²) in [4.78, 5) is 13.9. The highest BCUT2D eigenvalue weighted by Crippen LogP contribution is 2.23. The standard InChI is InChI=1S/C14H24N6O/c1-2-12-16-13(18-15)9-14(17-12)20-4-3-11(10-20)19-5-7-21-8-6-19/h9,11H,2-8,10,15H2,1H3,(H,16,17,18). The molecule has 0 spiro atoms. The van der Waals surface area contributed by atoms with Gasteiger partial charge in [-0.1, -0.05) is 6.92 Å². The highest BCUT2D eigenvalue weighted by molar-refractivity contribution is 5.49. The molecule has 0 amide bonds. The van der Waals surface area contributed by atoms with Crippen LogP contribution in [0.2, 0.25) is 0 Å². The molecule has 2 aliphatic rings. The van der Waals surface area contributed by atoms with Crippen molar-refractivity contribution in [3.05, 3.63) is 11.9 Å². The zero-order chi connectivity index (χ0) is 14.7. The van der Waals surface area contributed by atoms with Crippen LogP contribution >= 0.6 is 0 Å². The number of nitrogens with zero attached hydrogens (tertiary/aromatic N) is 4. The topological polar surface area (TPSA) is 79.5 Å². The molecule has 2 saturated heterocycles. The van der Waals surface area contributed by atoms with Gasteiger partial charge in [-0.05, 0) is 6.42 Å². The Labute approximate surface area is 125 Å². The van der Waals surface area contributed by atoms with Crippen LogP contribution in [0.4, 0.5) is 11.6 Å². The second kappa shape index (κ2) is 6.55. The van der Waals surface area contributed by atoms with Crippen LogP contribution in [0.1, 0.15) is 19.2 Å². The zero-order valence-corrected chi connectivity index (χ0v) is 12.6. The molecule has 1 aromatic heterocycles. The summed E-state index contributed by atoms with van der Waals surface area (Å²) in [7, 11) is 0. The average Bonchev–Trinajstić information content (AvgIpc) is 3.05. The van der Waals surface area contributed by atoms with Crippen LogP contribution in [0.5, 0.6) is 0 Å². The molecule has 3 heterocycles. The SMILES string of the molecule is CCc1nc(NN)cc(N2CCC(N3CCOCC3)C2)n1. The van der Waals surface area contributed by atoms with E-state index in [1.54, 1.807) is 0 Å². The summed E-state index contributed by atoms with van der Waals surface area (Å²) in [6, 6.07) is 2.53. The van der Waals surface area contributed by atoms with E-state index in [0.29, 0.717) is 11.9 Å². The maximum Gasteiger partial charge on any atom is 0.145 e. The fraction of sp³-hybridized carbons (Fsp3) is 0.714. The smallest absolute Gasteiger partial charge is 0.145 e. The third-order valence-corrected chi connectivity index (χ3v) is 4.27. The lowest BCUT2D eigenvalue weighted by Crippen LogP contribution is -2.44. The average molecular weight is 292 g/mol. The van der Waals surface area contributed by atoms with Crippen LogP contribution in [-0.2, 0) is 11.2 Å². The Morgan fingerprint density at radius 2 is 2.14 bits per heavy atom. The molecular weight excluding hydrogens is 268 g/mol. The van der Waals surface area contributed by atoms with Crippen LogP contribution in [0, 0.1) is 0 Å². The van der Waals surface area contributed by atoms with Crippen LogP contribution in [0.15, 0.2) is 6.07 Å². The van der Waals surface area contributed by atoms with E-state index < -0.39 is 0 Å². The minimum absolute atomic E-state index is 0.600. The maximum atomic E-state index is 5.50. The van der Waals surface area contributed by atoms with E-state index in [2.05, 4.69) is 32.1 Å². The summed E-state index contributed by atoms with van der Waals surface area (Å²) < 4.78 is 5.43. The van der Waals surface area contributed by atoms with Crippen LogP contribution in [0.25, 0.3) is 0 Å². The first-order valence-electron chi connectivity index (χ1n) is 7.71. The van der Waals surface area contributed by atoms with Gasteiger partial charge in [0.2, 0.25) is 0 Å². The van der Waals surface area contributed by atoms with E-state index in [0.717, 1.165) is 57.5 Å². The van der Waals surface area contributed by atoms with E-state index in [4.69, 9.17) is 10.6 Å². The maximum absolute atomic E-state index is 5.50. The highest BCUT2D eigenvalue weighted by Gasteiger charge is 2.29. The van der Waals surface area contributed by atoms with Gasteiger partial charge in [-0.2, -0.15) is 0 Å². The summed E-state index contributed by atoms with van der Waals surface area (Å²) >= 11 is 0. The second-order valence-corrected chi connectivity index (χ2v) is 5.56. The van der Waals surface area contributed by atoms with Gasteiger partial charge in [0.15, 0.2) is 0 Å². The number of nitrogen functional groups attached to an aromatic ring is 1. The second-order valence-electron chi connectivity index (χ2n) is 5.56. The van der Waals surface area contributed by atoms with Crippen molar-refractivity contribution < 1.29 is 4.74 Å². The molecule has 0 radical (unpaired) electrons. The Morgan fingerprint density at radius 1 is 1.33 bits per heavy atom. The summed E-state index contributed by atoms with van der Waals surface area (Å²) in [6.07, 6.45) is 1.99. The lowest BCUT2D eigenvalue weighted by atomic mass is 10.2. The minimum atomic E-state index is 0.600. The molecule has 1 aromatic rings. The van der Waals surface area contributed by atoms with Crippen LogP contribution < -0.4 is 16.2 Å². The molecule has 7 heteroatoms. The molecular formula is C14H24N6O. The number of hydrogen-bond donors (Lipinski definition) is 2. The predicted octanol–water partition coefficient (Wildman–Crippen LogP) is 0.236. The Bertz CT molecular complexity index is 454. The predicted molar refractivity (Wildman–Crippen MR) is 82.2 cm³/mol. The van der Waals surface area contributed by atoms with Crippen LogP contribution in [0.3, 0.4) is 0 Å². The number of anilines is 2. The minimum Gasteiger partial charge on any atom is -0.379 e. The lowest BCUT2D eigenvalue weighted by Gasteiger charge is -2.32. The van der Waals surface area contributed by atoms with Gasteiger partial charge < -0.3 is 15.1 Å². The zero-order valence-electron chi connectivity index (χ0n) is 12.6. The molecule has 3 rings (SSSR count). The molecule has 2 fully saturated rings. The third-order valence-electron chi connectivity index (χ3n) is 4.27. The number of nitrogens with two attached hydrogens (primary N) is 1. The Kier molecular flexibility index (Phi) is 4.52. The van der Waals surface area contributed by atoms with Gasteiger partial charge in [-0.15, -0.1) is 0 Å². The monoisotopic (exact) mass is 292 g/mol. The molecule has 116 valence electrons. The van der Waals surface area contributed by atoms with Crippen molar-refractivity contribution in [1.82, 2.24) is 14.9 Å². The number of morpholine rings is 1. The number of rotatable bonds is 4. The molecule has 3 N–H and O–H groups in total. The van der Waals surface area contributed by atoms with Gasteiger partial charge in [0, 0.05) is 44.7 Å². The molecule has 0 saturated carbocycles. The Morgan fingerprint density at radius 3 is 2.86 bits per heavy atom. The molecule has 0 bridgehead atoms. The third kappa shape index (κ3) is 3.25. The molecule has 2 aliphatic heterocycles. The number of aryl methyl sites for hydroxylation is 1. The number of hydrazine groups is 1. The van der Waals surface area contributed by atoms with Crippen molar-refractivity contribution in [2.75, 3.05) is 49.7 Å². The van der Waals surface area contributed by atoms with Crippen molar-refractivity contribution in [3.63, 3.8) is 0 Å². The van der Waals surface area contributed by atoms with E-state index in [1.807, 2.05) is 6.07 Å². The first kappa shape index (κ1) is 14.5. The first-order chi connectivity index (χ1) is 10.3. The summed E-state index contributed by atoms with van der Waals surface area (Å²) in [6.45, 7) is 7.89. The largest absolute Gasteiger partial charge is 0.379 e. The van der Waals surface area contributed by atoms with Gasteiger partial charge in [-0.25, -0.2) is 15.8 Å². The van der Waals surface area contributed by atoms with Crippen molar-refractivity contribution in [3.8, 4) is 0 Å². The van der Waals surface area contributed by atoms with Crippen molar-refractivity contribution in [2.24, 2.45) is 5.84 Å². The number of nitrogens with one attached hydrogen (secondary N) is 1. The fourth-order valence-corrected chi connectivity index (χ4v) is 3.07. The van der Waals surface area contributed by atoms with Crippen molar-refractivity contribution in [2.45, 2.75) is 25.8 Å². The quantitative estimate of drug-likeness (QED) is 0.607. The first-order valence-corrected chi connectivity index (χ1v) is 7.71. The molecule has 0 aromatic carbocycles. The molecule has 1 atom stereocenters. The van der Waals surface area contributed by atoms with Crippen molar-refractivity contribution in [1.29, 1.82) is 0 Å². The van der Waals surface area contributed by atoms with E-state index in [9.17, 15) is 0 Å². The number of hydrogen-bond acceptors (Lipinski definition) is 7. The van der Waals surface area contributed by atoms with Crippen LogP contribution in [-0.4, -0.2) is 60.3 Å². The highest BCUT2D eigenvalue weighted by atomic mass is 16.5. The Balaban J connectivity index is 1.70. The molecule has 0 aliphatic carbocycles. The molecule has 1 unspecified atom stereocenters. The summed E-state index contributed by atoms with van der Waals surface area (Å²) in [5.41, 5.74) is 2.64. The number of ether oxygens (including phenoxy) is 1. The number of aromatic nitrogens is 2. The van der Waals surface area contributed by atoms with E-state index in [1.165, 1.54) is 6.42 Å². The molecule has 21 heavy (non-hydrogen) atoms. The van der Waals surface area contributed by atoms with Gasteiger partial charge in [0.05, 0.1) is 13.2 Å². The lowest BCUT2D eigenvalue weighted by molar-refractivity contribution is 0.0209. The normalized spacial score (nSPS) is 23.5. The van der Waals surface area contributed by atoms with Gasteiger partial charge in [0.1, 0.15) is 17.5 Å². The van der Waals surface area contributed by atoms with Crippen molar-refractivity contribution >= 4 is 11.6 Å². The van der Waals surface area contributed by atoms with E-state index in [-0.39, 0.29) is 0 Å². The molecule has 7 nitrogen and oxygen atoms in total. The van der Waals surface area contributed by atoms with E-state index >= 15 is 0 Å². The Hall–Kier alpha value is -1.44. The van der Waals surface area contributed by atoms with Gasteiger partial charge in [0.25, 0.3) is 0 Å².